The summed E-state index contributed by atoms with van der Waals surface area (Å²) in [7, 11) is 0. The molecule has 2 aromatic heterocycles. The van der Waals surface area contributed by atoms with Gasteiger partial charge in [0.25, 0.3) is 0 Å². The zero-order valence-electron chi connectivity index (χ0n) is 17.8. The standard InChI is InChI=1S/C24H20Cl3N5OS/c25-16-5-4-15(20(27)10-16)9-19-12-32(24(30-19)34-14-18-3-1-2-8-29-18)13-23(33)31-22-11-17(26)6-7-21(22)28/h1-8,10-12H,9,13-14,28H2,(H,31,33). The van der Waals surface area contributed by atoms with Gasteiger partial charge in [-0.3, -0.25) is 9.78 Å². The molecule has 3 N–H and O–H groups in total. The van der Waals surface area contributed by atoms with E-state index in [2.05, 4.69) is 10.3 Å². The maximum Gasteiger partial charge on any atom is 0.244 e. The fraction of sp³-hybridized carbons (Fsp3) is 0.125. The number of amides is 1. The van der Waals surface area contributed by atoms with E-state index in [1.165, 1.54) is 11.8 Å². The molecule has 0 bridgehead atoms. The third kappa shape index (κ3) is 6.45. The highest BCUT2D eigenvalue weighted by atomic mass is 35.5. The lowest BCUT2D eigenvalue weighted by atomic mass is 10.1. The van der Waals surface area contributed by atoms with Gasteiger partial charge in [-0.2, -0.15) is 0 Å². The van der Waals surface area contributed by atoms with Crippen LogP contribution in [0.25, 0.3) is 0 Å². The first kappa shape index (κ1) is 24.4. The molecule has 174 valence electrons. The molecule has 0 unspecified atom stereocenters. The fourth-order valence-corrected chi connectivity index (χ4v) is 4.79. The van der Waals surface area contributed by atoms with Crippen molar-refractivity contribution in [3.8, 4) is 0 Å². The smallest absolute Gasteiger partial charge is 0.244 e. The molecule has 2 aromatic carbocycles. The zero-order valence-corrected chi connectivity index (χ0v) is 20.9. The Bertz CT molecular complexity index is 1310. The second kappa shape index (κ2) is 11.1. The molecule has 0 radical (unpaired) electrons. The number of imidazole rings is 1. The Kier molecular flexibility index (Phi) is 8.00. The Morgan fingerprint density at radius 1 is 1.03 bits per heavy atom. The van der Waals surface area contributed by atoms with Crippen molar-refractivity contribution in [1.29, 1.82) is 0 Å². The zero-order chi connectivity index (χ0) is 24.1. The van der Waals surface area contributed by atoms with Gasteiger partial charge in [-0.15, -0.1) is 0 Å². The number of rotatable bonds is 8. The third-order valence-electron chi connectivity index (χ3n) is 4.86. The van der Waals surface area contributed by atoms with E-state index in [-0.39, 0.29) is 12.5 Å². The van der Waals surface area contributed by atoms with Gasteiger partial charge in [-0.1, -0.05) is 58.7 Å². The molecule has 0 atom stereocenters. The SMILES string of the molecule is Nc1ccc(Cl)cc1NC(=O)Cn1cc(Cc2ccc(Cl)cc2Cl)nc1SCc1ccccn1. The molecule has 4 rings (SSSR count). The van der Waals surface area contributed by atoms with Crippen LogP contribution in [0.1, 0.15) is 17.0 Å². The predicted octanol–water partition coefficient (Wildman–Crippen LogP) is 6.34. The average molecular weight is 533 g/mol. The summed E-state index contributed by atoms with van der Waals surface area (Å²) in [6.45, 7) is 0.0534. The Morgan fingerprint density at radius 3 is 2.59 bits per heavy atom. The highest BCUT2D eigenvalue weighted by molar-refractivity contribution is 7.98. The number of nitrogens with zero attached hydrogens (tertiary/aromatic N) is 3. The first-order chi connectivity index (χ1) is 16.4. The lowest BCUT2D eigenvalue weighted by Gasteiger charge is -2.10. The minimum atomic E-state index is -0.248. The normalized spacial score (nSPS) is 10.9. The number of halogens is 3. The molecule has 0 spiro atoms. The van der Waals surface area contributed by atoms with E-state index in [1.54, 1.807) is 36.5 Å². The quantitative estimate of drug-likeness (QED) is 0.204. The van der Waals surface area contributed by atoms with Crippen LogP contribution in [0.5, 0.6) is 0 Å². The highest BCUT2D eigenvalue weighted by Gasteiger charge is 2.15. The van der Waals surface area contributed by atoms with Gasteiger partial charge in [0.05, 0.1) is 22.8 Å². The van der Waals surface area contributed by atoms with E-state index in [4.69, 9.17) is 45.5 Å². The van der Waals surface area contributed by atoms with E-state index in [9.17, 15) is 4.79 Å². The van der Waals surface area contributed by atoms with Gasteiger partial charge in [-0.05, 0) is 48.0 Å². The van der Waals surface area contributed by atoms with Crippen LogP contribution < -0.4 is 11.1 Å². The lowest BCUT2D eigenvalue weighted by molar-refractivity contribution is -0.116. The van der Waals surface area contributed by atoms with Crippen LogP contribution in [-0.2, 0) is 23.5 Å². The Hall–Kier alpha value is -2.71. The van der Waals surface area contributed by atoms with Crippen LogP contribution in [0.15, 0.2) is 72.1 Å². The number of carbonyl (C=O) groups excluding carboxylic acids is 1. The van der Waals surface area contributed by atoms with E-state index < -0.39 is 0 Å². The van der Waals surface area contributed by atoms with Crippen molar-refractivity contribution >= 4 is 63.8 Å². The number of pyridine rings is 1. The number of benzene rings is 2. The Balaban J connectivity index is 1.55. The number of aromatic nitrogens is 3. The predicted molar refractivity (Wildman–Crippen MR) is 140 cm³/mol. The van der Waals surface area contributed by atoms with Crippen LogP contribution >= 0.6 is 46.6 Å². The average Bonchev–Trinajstić information content (AvgIpc) is 3.18. The molecule has 6 nitrogen and oxygen atoms in total. The van der Waals surface area contributed by atoms with E-state index in [0.717, 1.165) is 17.0 Å². The van der Waals surface area contributed by atoms with Gasteiger partial charge in [0, 0.05) is 39.6 Å². The molecular formula is C24H20Cl3N5OS. The van der Waals surface area contributed by atoms with Gasteiger partial charge >= 0.3 is 0 Å². The topological polar surface area (TPSA) is 85.8 Å². The fourth-order valence-electron chi connectivity index (χ4n) is 3.23. The van der Waals surface area contributed by atoms with E-state index >= 15 is 0 Å². The molecular weight excluding hydrogens is 513 g/mol. The summed E-state index contributed by atoms with van der Waals surface area (Å²) >= 11 is 19.9. The van der Waals surface area contributed by atoms with Crippen molar-refractivity contribution in [2.24, 2.45) is 0 Å². The highest BCUT2D eigenvalue weighted by Crippen LogP contribution is 2.27. The summed E-state index contributed by atoms with van der Waals surface area (Å²) in [4.78, 5) is 21.9. The minimum Gasteiger partial charge on any atom is -0.397 e. The maximum absolute atomic E-state index is 12.8. The molecule has 0 aliphatic rings. The van der Waals surface area contributed by atoms with Crippen molar-refractivity contribution < 1.29 is 4.79 Å². The van der Waals surface area contributed by atoms with Crippen LogP contribution in [0.2, 0.25) is 15.1 Å². The molecule has 34 heavy (non-hydrogen) atoms. The van der Waals surface area contributed by atoms with Crippen LogP contribution in [0.3, 0.4) is 0 Å². The summed E-state index contributed by atoms with van der Waals surface area (Å²) in [6.07, 6.45) is 4.11. The summed E-state index contributed by atoms with van der Waals surface area (Å²) in [6, 6.07) is 16.1. The second-order valence-corrected chi connectivity index (χ2v) is 9.67. The Morgan fingerprint density at radius 2 is 1.82 bits per heavy atom. The second-order valence-electron chi connectivity index (χ2n) is 7.44. The monoisotopic (exact) mass is 531 g/mol. The number of nitrogen functional groups attached to an aromatic ring is 1. The number of nitrogens with one attached hydrogen (secondary N) is 1. The van der Waals surface area contributed by atoms with Crippen molar-refractivity contribution in [2.45, 2.75) is 23.9 Å². The lowest BCUT2D eigenvalue weighted by Crippen LogP contribution is -2.19. The molecule has 0 fully saturated rings. The van der Waals surface area contributed by atoms with Crippen molar-refractivity contribution in [1.82, 2.24) is 14.5 Å². The van der Waals surface area contributed by atoms with Crippen LogP contribution in [-0.4, -0.2) is 20.4 Å². The van der Waals surface area contributed by atoms with Gasteiger partial charge in [0.15, 0.2) is 5.16 Å². The molecule has 0 aliphatic heterocycles. The number of thioether (sulfide) groups is 1. The number of nitrogens with two attached hydrogens (primary N) is 1. The van der Waals surface area contributed by atoms with Crippen molar-refractivity contribution in [3.05, 3.63) is 99.0 Å². The van der Waals surface area contributed by atoms with Crippen LogP contribution in [0.4, 0.5) is 11.4 Å². The van der Waals surface area contributed by atoms with E-state index in [1.807, 2.05) is 35.0 Å². The third-order valence-corrected chi connectivity index (χ3v) is 6.70. The van der Waals surface area contributed by atoms with Crippen molar-refractivity contribution in [3.63, 3.8) is 0 Å². The van der Waals surface area contributed by atoms with Gasteiger partial charge < -0.3 is 15.6 Å². The Labute approximate surface area is 216 Å². The largest absolute Gasteiger partial charge is 0.397 e. The molecule has 0 aliphatic carbocycles. The number of hydrogen-bond acceptors (Lipinski definition) is 5. The summed E-state index contributed by atoms with van der Waals surface area (Å²) in [5, 5.41) is 5.14. The number of anilines is 2. The molecule has 4 aromatic rings. The van der Waals surface area contributed by atoms with Crippen LogP contribution in [0, 0.1) is 0 Å². The summed E-state index contributed by atoms with van der Waals surface area (Å²) < 4.78 is 1.81. The summed E-state index contributed by atoms with van der Waals surface area (Å²) in [5.41, 5.74) is 9.46. The molecule has 10 heteroatoms. The van der Waals surface area contributed by atoms with Gasteiger partial charge in [0.1, 0.15) is 6.54 Å². The number of carbonyl (C=O) groups is 1. The summed E-state index contributed by atoms with van der Waals surface area (Å²) in [5.74, 6) is 0.365. The molecule has 1 amide bonds. The van der Waals surface area contributed by atoms with E-state index in [0.29, 0.717) is 43.8 Å². The molecule has 0 saturated heterocycles. The van der Waals surface area contributed by atoms with Gasteiger partial charge in [0.2, 0.25) is 5.91 Å². The first-order valence-corrected chi connectivity index (χ1v) is 12.4. The number of hydrogen-bond donors (Lipinski definition) is 2. The van der Waals surface area contributed by atoms with Gasteiger partial charge in [-0.25, -0.2) is 4.98 Å². The first-order valence-electron chi connectivity index (χ1n) is 10.2. The molecule has 0 saturated carbocycles. The van der Waals surface area contributed by atoms with Crippen molar-refractivity contribution in [2.75, 3.05) is 11.1 Å². The minimum absolute atomic E-state index is 0.0534. The molecule has 2 heterocycles. The maximum atomic E-state index is 12.8.